The van der Waals surface area contributed by atoms with Crippen molar-refractivity contribution in [3.05, 3.63) is 22.3 Å². The van der Waals surface area contributed by atoms with E-state index in [1.54, 1.807) is 18.0 Å². The van der Waals surface area contributed by atoms with Crippen LogP contribution in [0, 0.1) is 6.92 Å². The number of nitrogens with one attached hydrogen (secondary N) is 1. The van der Waals surface area contributed by atoms with Gasteiger partial charge in [0.1, 0.15) is 5.82 Å². The zero-order chi connectivity index (χ0) is 13.1. The zero-order valence-corrected chi connectivity index (χ0v) is 12.0. The van der Waals surface area contributed by atoms with Crippen molar-refractivity contribution in [3.8, 4) is 0 Å². The third-order valence-electron chi connectivity index (χ3n) is 3.03. The molecule has 1 N–H and O–H groups in total. The summed E-state index contributed by atoms with van der Waals surface area (Å²) in [5.41, 5.74) is 0.847. The van der Waals surface area contributed by atoms with Crippen LogP contribution in [0.2, 0.25) is 0 Å². The van der Waals surface area contributed by atoms with Crippen molar-refractivity contribution < 1.29 is 9.53 Å². The molecule has 2 rings (SSSR count). The summed E-state index contributed by atoms with van der Waals surface area (Å²) in [6.07, 6.45) is 0.886. The summed E-state index contributed by atoms with van der Waals surface area (Å²) in [6, 6.07) is 3.64. The topological polar surface area (TPSA) is 54.5 Å². The lowest BCUT2D eigenvalue weighted by Gasteiger charge is -2.23. The summed E-state index contributed by atoms with van der Waals surface area (Å²) >= 11 is 3.38. The van der Waals surface area contributed by atoms with Crippen LogP contribution in [-0.4, -0.2) is 42.2 Å². The van der Waals surface area contributed by atoms with Crippen LogP contribution in [0.25, 0.3) is 0 Å². The standard InChI is InChI=1S/C12H16BrN3O2/c1-8-10(13)3-4-11(14-8)15-12(17)16(2)9-5-6-18-7-9/h3-4,9H,5-7H2,1-2H3,(H,14,15,17). The fraction of sp³-hybridized carbons (Fsp3) is 0.500. The Bertz CT molecular complexity index is 447. The Morgan fingerprint density at radius 3 is 3.00 bits per heavy atom. The number of amides is 2. The van der Waals surface area contributed by atoms with E-state index in [2.05, 4.69) is 26.2 Å². The van der Waals surface area contributed by atoms with Gasteiger partial charge in [-0.25, -0.2) is 9.78 Å². The Labute approximate surface area is 115 Å². The van der Waals surface area contributed by atoms with Crippen molar-refractivity contribution in [1.82, 2.24) is 9.88 Å². The Morgan fingerprint density at radius 1 is 1.61 bits per heavy atom. The Kier molecular flexibility index (Phi) is 4.19. The minimum absolute atomic E-state index is 0.153. The van der Waals surface area contributed by atoms with Gasteiger partial charge in [-0.2, -0.15) is 0 Å². The van der Waals surface area contributed by atoms with Crippen LogP contribution in [0.1, 0.15) is 12.1 Å². The van der Waals surface area contributed by atoms with Gasteiger partial charge in [0.15, 0.2) is 0 Å². The molecule has 1 aliphatic heterocycles. The number of halogens is 1. The molecule has 6 heteroatoms. The van der Waals surface area contributed by atoms with E-state index in [1.807, 2.05) is 13.0 Å². The number of anilines is 1. The van der Waals surface area contributed by atoms with Crippen LogP contribution in [0.4, 0.5) is 10.6 Å². The quantitative estimate of drug-likeness (QED) is 0.912. The molecule has 5 nitrogen and oxygen atoms in total. The first kappa shape index (κ1) is 13.3. The van der Waals surface area contributed by atoms with Gasteiger partial charge in [0.05, 0.1) is 18.3 Å². The molecular weight excluding hydrogens is 298 g/mol. The molecule has 0 saturated carbocycles. The van der Waals surface area contributed by atoms with Crippen molar-refractivity contribution in [2.45, 2.75) is 19.4 Å². The minimum atomic E-state index is -0.153. The maximum atomic E-state index is 12.0. The number of pyridine rings is 1. The molecule has 1 fully saturated rings. The average Bonchev–Trinajstić information content (AvgIpc) is 2.86. The van der Waals surface area contributed by atoms with E-state index in [0.717, 1.165) is 23.2 Å². The molecule has 1 unspecified atom stereocenters. The highest BCUT2D eigenvalue weighted by Crippen LogP contribution is 2.17. The summed E-state index contributed by atoms with van der Waals surface area (Å²) in [7, 11) is 1.78. The van der Waals surface area contributed by atoms with Crippen LogP contribution < -0.4 is 5.32 Å². The van der Waals surface area contributed by atoms with Gasteiger partial charge in [-0.15, -0.1) is 0 Å². The molecule has 0 aliphatic carbocycles. The first-order chi connectivity index (χ1) is 8.58. The number of aryl methyl sites for hydroxylation is 1. The fourth-order valence-electron chi connectivity index (χ4n) is 1.80. The van der Waals surface area contributed by atoms with Gasteiger partial charge in [0, 0.05) is 18.1 Å². The van der Waals surface area contributed by atoms with E-state index < -0.39 is 0 Å². The van der Waals surface area contributed by atoms with Crippen molar-refractivity contribution >= 4 is 27.8 Å². The van der Waals surface area contributed by atoms with Crippen LogP contribution in [-0.2, 0) is 4.74 Å². The highest BCUT2D eigenvalue weighted by atomic mass is 79.9. The van der Waals surface area contributed by atoms with Crippen molar-refractivity contribution in [1.29, 1.82) is 0 Å². The molecule has 18 heavy (non-hydrogen) atoms. The van der Waals surface area contributed by atoms with E-state index >= 15 is 0 Å². The van der Waals surface area contributed by atoms with Gasteiger partial charge < -0.3 is 9.64 Å². The maximum absolute atomic E-state index is 12.0. The van der Waals surface area contributed by atoms with Gasteiger partial charge in [-0.05, 0) is 41.4 Å². The number of ether oxygens (including phenoxy) is 1. The molecule has 0 spiro atoms. The van der Waals surface area contributed by atoms with Crippen LogP contribution >= 0.6 is 15.9 Å². The van der Waals surface area contributed by atoms with Gasteiger partial charge >= 0.3 is 6.03 Å². The average molecular weight is 314 g/mol. The molecule has 1 aromatic rings. The molecule has 1 saturated heterocycles. The first-order valence-electron chi connectivity index (χ1n) is 5.82. The van der Waals surface area contributed by atoms with Crippen molar-refractivity contribution in [2.24, 2.45) is 0 Å². The van der Waals surface area contributed by atoms with Gasteiger partial charge in [-0.3, -0.25) is 5.32 Å². The number of hydrogen-bond donors (Lipinski definition) is 1. The Balaban J connectivity index is 1.99. The fourth-order valence-corrected chi connectivity index (χ4v) is 2.03. The molecule has 1 aliphatic rings. The number of hydrogen-bond acceptors (Lipinski definition) is 3. The first-order valence-corrected chi connectivity index (χ1v) is 6.62. The van der Waals surface area contributed by atoms with Gasteiger partial charge in [0.25, 0.3) is 0 Å². The molecule has 0 bridgehead atoms. The number of carbonyl (C=O) groups excluding carboxylic acids is 1. The maximum Gasteiger partial charge on any atom is 0.323 e. The molecule has 2 amide bonds. The van der Waals surface area contributed by atoms with E-state index in [0.29, 0.717) is 12.4 Å². The van der Waals surface area contributed by atoms with E-state index in [9.17, 15) is 4.79 Å². The summed E-state index contributed by atoms with van der Waals surface area (Å²) in [5.74, 6) is 0.562. The van der Waals surface area contributed by atoms with Crippen LogP contribution in [0.15, 0.2) is 16.6 Å². The zero-order valence-electron chi connectivity index (χ0n) is 10.4. The third-order valence-corrected chi connectivity index (χ3v) is 3.87. The molecular formula is C12H16BrN3O2. The van der Waals surface area contributed by atoms with Crippen molar-refractivity contribution in [3.63, 3.8) is 0 Å². The SMILES string of the molecule is Cc1nc(NC(=O)N(C)C2CCOC2)ccc1Br. The second-order valence-electron chi connectivity index (χ2n) is 4.32. The second kappa shape index (κ2) is 5.67. The number of rotatable bonds is 2. The second-order valence-corrected chi connectivity index (χ2v) is 5.18. The predicted molar refractivity (Wildman–Crippen MR) is 72.7 cm³/mol. The monoisotopic (exact) mass is 313 g/mol. The van der Waals surface area contributed by atoms with E-state index in [-0.39, 0.29) is 12.1 Å². The third kappa shape index (κ3) is 3.00. The Morgan fingerprint density at radius 2 is 2.39 bits per heavy atom. The highest BCUT2D eigenvalue weighted by molar-refractivity contribution is 9.10. The molecule has 1 aromatic heterocycles. The van der Waals surface area contributed by atoms with Gasteiger partial charge in [0.2, 0.25) is 0 Å². The van der Waals surface area contributed by atoms with Crippen LogP contribution in [0.3, 0.4) is 0 Å². The lowest BCUT2D eigenvalue weighted by molar-refractivity contribution is 0.163. The Hall–Kier alpha value is -1.14. The van der Waals surface area contributed by atoms with E-state index in [4.69, 9.17) is 4.74 Å². The van der Waals surface area contributed by atoms with E-state index in [1.165, 1.54) is 0 Å². The number of urea groups is 1. The number of aromatic nitrogens is 1. The molecule has 2 heterocycles. The molecule has 1 atom stereocenters. The lowest BCUT2D eigenvalue weighted by atomic mass is 10.2. The predicted octanol–water partition coefficient (Wildman–Crippen LogP) is 2.41. The smallest absolute Gasteiger partial charge is 0.323 e. The summed E-state index contributed by atoms with van der Waals surface area (Å²) in [6.45, 7) is 3.21. The molecule has 98 valence electrons. The largest absolute Gasteiger partial charge is 0.379 e. The van der Waals surface area contributed by atoms with Crippen LogP contribution in [0.5, 0.6) is 0 Å². The summed E-state index contributed by atoms with van der Waals surface area (Å²) in [5, 5.41) is 2.79. The minimum Gasteiger partial charge on any atom is -0.379 e. The molecule has 0 radical (unpaired) electrons. The summed E-state index contributed by atoms with van der Waals surface area (Å²) < 4.78 is 6.20. The normalized spacial score (nSPS) is 18.7. The summed E-state index contributed by atoms with van der Waals surface area (Å²) in [4.78, 5) is 18.0. The van der Waals surface area contributed by atoms with Crippen molar-refractivity contribution in [2.75, 3.05) is 25.6 Å². The number of carbonyl (C=O) groups is 1. The van der Waals surface area contributed by atoms with Gasteiger partial charge in [-0.1, -0.05) is 0 Å². The highest BCUT2D eigenvalue weighted by Gasteiger charge is 2.24. The number of likely N-dealkylation sites (N-methyl/N-ethyl adjacent to an activating group) is 1. The lowest BCUT2D eigenvalue weighted by Crippen LogP contribution is -2.40. The number of nitrogens with zero attached hydrogens (tertiary/aromatic N) is 2. The molecule has 0 aromatic carbocycles.